The minimum Gasteiger partial charge on any atom is -0.369 e. The number of piperazine rings is 1. The van der Waals surface area contributed by atoms with Gasteiger partial charge in [0.1, 0.15) is 6.04 Å². The second-order valence-corrected chi connectivity index (χ2v) is 12.4. The highest BCUT2D eigenvalue weighted by atomic mass is 35.5. The zero-order chi connectivity index (χ0) is 29.1. The van der Waals surface area contributed by atoms with Crippen LogP contribution in [0.1, 0.15) is 60.0 Å². The van der Waals surface area contributed by atoms with Gasteiger partial charge in [0.2, 0.25) is 5.91 Å². The van der Waals surface area contributed by atoms with E-state index in [-0.39, 0.29) is 17.7 Å². The van der Waals surface area contributed by atoms with Crippen molar-refractivity contribution in [2.75, 3.05) is 54.0 Å². The molecule has 6 nitrogen and oxygen atoms in total. The van der Waals surface area contributed by atoms with Crippen molar-refractivity contribution in [1.82, 2.24) is 4.90 Å². The molecular formula is C35H41ClN4O2. The number of piperidine rings is 1. The van der Waals surface area contributed by atoms with Crippen molar-refractivity contribution in [1.29, 1.82) is 0 Å². The van der Waals surface area contributed by atoms with Crippen molar-refractivity contribution in [3.63, 3.8) is 0 Å². The summed E-state index contributed by atoms with van der Waals surface area (Å²) in [5, 5.41) is 0.785. The Hall–Kier alpha value is -3.35. The normalized spacial score (nSPS) is 19.0. The summed E-state index contributed by atoms with van der Waals surface area (Å²) in [7, 11) is 0. The van der Waals surface area contributed by atoms with Crippen LogP contribution in [-0.2, 0) is 11.3 Å². The van der Waals surface area contributed by atoms with Gasteiger partial charge in [-0.25, -0.2) is 0 Å². The Kier molecular flexibility index (Phi) is 8.82. The minimum absolute atomic E-state index is 0.104. The number of nitrogens with zero attached hydrogens (tertiary/aromatic N) is 4. The molecule has 0 aliphatic carbocycles. The van der Waals surface area contributed by atoms with Gasteiger partial charge in [-0.1, -0.05) is 48.0 Å². The third-order valence-corrected chi connectivity index (χ3v) is 9.38. The average molecular weight is 585 g/mol. The summed E-state index contributed by atoms with van der Waals surface area (Å²) < 4.78 is 0. The van der Waals surface area contributed by atoms with Crippen molar-refractivity contribution in [2.24, 2.45) is 0 Å². The molecule has 42 heavy (non-hydrogen) atoms. The van der Waals surface area contributed by atoms with E-state index >= 15 is 0 Å². The molecule has 1 amide bonds. The van der Waals surface area contributed by atoms with Gasteiger partial charge in [0.25, 0.3) is 0 Å². The van der Waals surface area contributed by atoms with Gasteiger partial charge in [-0.3, -0.25) is 14.5 Å². The summed E-state index contributed by atoms with van der Waals surface area (Å²) in [6.07, 6.45) is 5.46. The number of unbranched alkanes of at least 4 members (excludes halogenated alkanes) is 1. The number of amides is 1. The summed E-state index contributed by atoms with van der Waals surface area (Å²) in [4.78, 5) is 36.1. The molecule has 0 N–H and O–H groups in total. The van der Waals surface area contributed by atoms with E-state index in [0.29, 0.717) is 18.5 Å². The Bertz CT molecular complexity index is 1420. The second-order valence-electron chi connectivity index (χ2n) is 12.0. The molecule has 3 heterocycles. The van der Waals surface area contributed by atoms with E-state index in [1.807, 2.05) is 41.3 Å². The molecular weight excluding hydrogens is 544 g/mol. The van der Waals surface area contributed by atoms with Crippen LogP contribution in [0.2, 0.25) is 5.02 Å². The number of carbonyl (C=O) groups excluding carboxylic acids is 2. The molecule has 1 atom stereocenters. The van der Waals surface area contributed by atoms with Crippen LogP contribution in [0, 0.1) is 6.92 Å². The van der Waals surface area contributed by atoms with E-state index in [9.17, 15) is 9.59 Å². The SMILES string of the molecule is Cc1ccc(Cl)cc1N1CCN(CCCCC(=O)c2ccc3c(c2)N(Cc2ccccc2)C(=O)C2CCCCN32)CC1. The Labute approximate surface area is 254 Å². The third kappa shape index (κ3) is 6.20. The maximum Gasteiger partial charge on any atom is 0.250 e. The number of carbonyl (C=O) groups is 2. The van der Waals surface area contributed by atoms with Crippen LogP contribution in [0.25, 0.3) is 0 Å². The van der Waals surface area contributed by atoms with Crippen molar-refractivity contribution in [3.05, 3.63) is 88.4 Å². The lowest BCUT2D eigenvalue weighted by atomic mass is 9.94. The first-order valence-electron chi connectivity index (χ1n) is 15.5. The lowest BCUT2D eigenvalue weighted by Crippen LogP contribution is -2.55. The lowest BCUT2D eigenvalue weighted by Gasteiger charge is -2.45. The minimum atomic E-state index is -0.104. The van der Waals surface area contributed by atoms with E-state index in [0.717, 1.165) is 93.3 Å². The summed E-state index contributed by atoms with van der Waals surface area (Å²) in [6.45, 7) is 8.59. The third-order valence-electron chi connectivity index (χ3n) is 9.15. The van der Waals surface area contributed by atoms with E-state index in [4.69, 9.17) is 11.6 Å². The number of hydrogen-bond donors (Lipinski definition) is 0. The van der Waals surface area contributed by atoms with Gasteiger partial charge in [0.05, 0.1) is 17.9 Å². The fraction of sp³-hybridized carbons (Fsp3) is 0.429. The predicted molar refractivity (Wildman–Crippen MR) is 172 cm³/mol. The Morgan fingerprint density at radius 3 is 2.48 bits per heavy atom. The number of halogens is 1. The predicted octanol–water partition coefficient (Wildman–Crippen LogP) is 6.73. The quantitative estimate of drug-likeness (QED) is 0.206. The molecule has 3 aromatic carbocycles. The highest BCUT2D eigenvalue weighted by Crippen LogP contribution is 2.41. The number of rotatable bonds is 9. The van der Waals surface area contributed by atoms with Gasteiger partial charge in [0.15, 0.2) is 5.78 Å². The first kappa shape index (κ1) is 28.8. The summed E-state index contributed by atoms with van der Waals surface area (Å²) in [6, 6.07) is 22.2. The lowest BCUT2D eigenvalue weighted by molar-refractivity contribution is -0.120. The first-order chi connectivity index (χ1) is 20.5. The number of ketones is 1. The molecule has 0 bridgehead atoms. The fourth-order valence-corrected chi connectivity index (χ4v) is 6.93. The van der Waals surface area contributed by atoms with Gasteiger partial charge >= 0.3 is 0 Å². The monoisotopic (exact) mass is 584 g/mol. The zero-order valence-corrected chi connectivity index (χ0v) is 25.4. The van der Waals surface area contributed by atoms with E-state index in [2.05, 4.69) is 52.0 Å². The number of aryl methyl sites for hydroxylation is 1. The number of anilines is 3. The van der Waals surface area contributed by atoms with Crippen LogP contribution in [0.15, 0.2) is 66.7 Å². The van der Waals surface area contributed by atoms with Gasteiger partial charge in [0, 0.05) is 55.4 Å². The van der Waals surface area contributed by atoms with E-state index in [1.54, 1.807) is 0 Å². The van der Waals surface area contributed by atoms with Crippen molar-refractivity contribution >= 4 is 40.4 Å². The van der Waals surface area contributed by atoms with Crippen LogP contribution >= 0.6 is 11.6 Å². The molecule has 220 valence electrons. The first-order valence-corrected chi connectivity index (χ1v) is 15.9. The molecule has 3 aliphatic rings. The molecule has 2 saturated heterocycles. The van der Waals surface area contributed by atoms with Crippen LogP contribution in [0.3, 0.4) is 0 Å². The van der Waals surface area contributed by atoms with E-state index in [1.165, 1.54) is 11.3 Å². The molecule has 0 spiro atoms. The molecule has 3 aliphatic heterocycles. The van der Waals surface area contributed by atoms with Gasteiger partial charge in [-0.2, -0.15) is 0 Å². The van der Waals surface area contributed by atoms with Gasteiger partial charge < -0.3 is 14.7 Å². The molecule has 3 aromatic rings. The molecule has 0 aromatic heterocycles. The zero-order valence-electron chi connectivity index (χ0n) is 24.6. The van der Waals surface area contributed by atoms with Crippen LogP contribution in [0.5, 0.6) is 0 Å². The largest absolute Gasteiger partial charge is 0.369 e. The molecule has 0 radical (unpaired) electrons. The smallest absolute Gasteiger partial charge is 0.250 e. The van der Waals surface area contributed by atoms with Crippen LogP contribution < -0.4 is 14.7 Å². The highest BCUT2D eigenvalue weighted by molar-refractivity contribution is 6.30. The summed E-state index contributed by atoms with van der Waals surface area (Å²) in [5.41, 5.74) is 6.26. The topological polar surface area (TPSA) is 47.1 Å². The van der Waals surface area contributed by atoms with Crippen molar-refractivity contribution in [3.8, 4) is 0 Å². The number of Topliss-reactive ketones (excluding diaryl/α,β-unsaturated/α-hetero) is 1. The highest BCUT2D eigenvalue weighted by Gasteiger charge is 2.39. The molecule has 2 fully saturated rings. The second kappa shape index (κ2) is 12.9. The Balaban J connectivity index is 1.06. The number of fused-ring (bicyclic) bond motifs is 3. The van der Waals surface area contributed by atoms with Crippen LogP contribution in [0.4, 0.5) is 17.1 Å². The average Bonchev–Trinajstić information content (AvgIpc) is 3.03. The van der Waals surface area contributed by atoms with Gasteiger partial charge in [-0.15, -0.1) is 0 Å². The maximum atomic E-state index is 13.7. The molecule has 7 heteroatoms. The summed E-state index contributed by atoms with van der Waals surface area (Å²) >= 11 is 6.24. The molecule has 6 rings (SSSR count). The van der Waals surface area contributed by atoms with E-state index < -0.39 is 0 Å². The van der Waals surface area contributed by atoms with Crippen molar-refractivity contribution < 1.29 is 9.59 Å². The standard InChI is InChI=1S/C35H41ClN4O2/c1-26-13-15-29(36)24-32(26)38-21-19-37(20-22-38)17-7-6-12-34(41)28-14-16-30-33(23-28)40(25-27-9-3-2-4-10-27)35(42)31-11-5-8-18-39(30)31/h2-4,9-10,13-16,23-24,31H,5-8,11-12,17-22,25H2,1H3. The number of benzene rings is 3. The Morgan fingerprint density at radius 2 is 1.67 bits per heavy atom. The maximum absolute atomic E-state index is 13.7. The molecule has 1 unspecified atom stereocenters. The van der Waals surface area contributed by atoms with Crippen molar-refractivity contribution in [2.45, 2.75) is 58.0 Å². The Morgan fingerprint density at radius 1 is 0.857 bits per heavy atom. The summed E-state index contributed by atoms with van der Waals surface area (Å²) in [5.74, 6) is 0.313. The van der Waals surface area contributed by atoms with Crippen LogP contribution in [-0.4, -0.2) is 61.9 Å². The fourth-order valence-electron chi connectivity index (χ4n) is 6.76. The molecule has 0 saturated carbocycles. The number of hydrogen-bond acceptors (Lipinski definition) is 5. The van der Waals surface area contributed by atoms with Gasteiger partial charge in [-0.05, 0) is 87.0 Å².